The molecule has 3 aromatic carbocycles. The number of halogens is 1. The first-order valence-electron chi connectivity index (χ1n) is 11.1. The van der Waals surface area contributed by atoms with Crippen molar-refractivity contribution in [2.24, 2.45) is 4.99 Å². The molecule has 186 valence electrons. The average Bonchev–Trinajstić information content (AvgIpc) is 3.15. The van der Waals surface area contributed by atoms with Gasteiger partial charge in [0.15, 0.2) is 0 Å². The second kappa shape index (κ2) is 10.1. The number of aryl methyl sites for hydroxylation is 1. The van der Waals surface area contributed by atoms with E-state index in [1.807, 2.05) is 24.3 Å². The Bertz CT molecular complexity index is 1470. The molecule has 2 N–H and O–H groups in total. The molecule has 1 heterocycles. The molecule has 3 aromatic rings. The number of carboxylic acid groups (broad SMARTS) is 1. The minimum Gasteiger partial charge on any atom is -0.481 e. The van der Waals surface area contributed by atoms with Crippen molar-refractivity contribution in [2.45, 2.75) is 18.8 Å². The van der Waals surface area contributed by atoms with Gasteiger partial charge in [-0.2, -0.15) is 0 Å². The number of nitrogens with one attached hydrogen (secondary N) is 1. The first kappa shape index (κ1) is 25.4. The van der Waals surface area contributed by atoms with E-state index in [9.17, 15) is 18.0 Å². The number of hydrogen-bond acceptors (Lipinski definition) is 5. The molecule has 10 heteroatoms. The van der Waals surface area contributed by atoms with E-state index < -0.39 is 21.9 Å². The number of aliphatic carboxylic acids is 1. The van der Waals surface area contributed by atoms with Crippen LogP contribution in [0.3, 0.4) is 0 Å². The molecule has 0 aliphatic carbocycles. The maximum Gasteiger partial charge on any atom is 0.303 e. The number of fused-ring (bicyclic) bond motifs is 1. The summed E-state index contributed by atoms with van der Waals surface area (Å²) in [5, 5.41) is 12.4. The van der Waals surface area contributed by atoms with Crippen LogP contribution in [0, 0.1) is 0 Å². The highest BCUT2D eigenvalue weighted by molar-refractivity contribution is 7.92. The quantitative estimate of drug-likeness (QED) is 0.417. The normalized spacial score (nSPS) is 15.4. The Kier molecular flexibility index (Phi) is 7.14. The third-order valence-corrected chi connectivity index (χ3v) is 7.37. The summed E-state index contributed by atoms with van der Waals surface area (Å²) in [6.45, 7) is 0. The van der Waals surface area contributed by atoms with Crippen molar-refractivity contribution in [3.63, 3.8) is 0 Å². The van der Waals surface area contributed by atoms with Crippen LogP contribution in [0.15, 0.2) is 71.7 Å². The fourth-order valence-corrected chi connectivity index (χ4v) is 4.68. The lowest BCUT2D eigenvalue weighted by Crippen LogP contribution is -2.24. The summed E-state index contributed by atoms with van der Waals surface area (Å²) >= 11 is 6.12. The Balaban J connectivity index is 1.80. The van der Waals surface area contributed by atoms with Gasteiger partial charge in [-0.15, -0.1) is 0 Å². The fourth-order valence-electron chi connectivity index (χ4n) is 4.01. The van der Waals surface area contributed by atoms with E-state index in [1.54, 1.807) is 42.5 Å². The molecule has 0 bridgehead atoms. The molecule has 1 amide bonds. The zero-order chi connectivity index (χ0) is 26.0. The van der Waals surface area contributed by atoms with Crippen molar-refractivity contribution in [3.05, 3.63) is 88.4 Å². The van der Waals surface area contributed by atoms with E-state index in [-0.39, 0.29) is 12.3 Å². The molecule has 1 aliphatic heterocycles. The van der Waals surface area contributed by atoms with Gasteiger partial charge in [-0.1, -0.05) is 35.9 Å². The van der Waals surface area contributed by atoms with Crippen molar-refractivity contribution in [1.29, 1.82) is 0 Å². The van der Waals surface area contributed by atoms with E-state index in [1.165, 1.54) is 7.05 Å². The Labute approximate surface area is 214 Å². The minimum atomic E-state index is -3.42. The molecule has 0 fully saturated rings. The Morgan fingerprint density at radius 3 is 2.50 bits per heavy atom. The number of anilines is 2. The lowest BCUT2D eigenvalue weighted by atomic mass is 9.89. The highest BCUT2D eigenvalue weighted by atomic mass is 35.5. The number of carbonyl (C=O) groups is 2. The van der Waals surface area contributed by atoms with Gasteiger partial charge >= 0.3 is 5.97 Å². The number of aliphatic imine (C=N–C) groups is 1. The molecule has 0 radical (unpaired) electrons. The molecule has 0 spiro atoms. The zero-order valence-corrected chi connectivity index (χ0v) is 21.2. The number of benzene rings is 3. The summed E-state index contributed by atoms with van der Waals surface area (Å²) in [4.78, 5) is 29.0. The highest BCUT2D eigenvalue weighted by Crippen LogP contribution is 2.38. The minimum absolute atomic E-state index is 0.0174. The van der Waals surface area contributed by atoms with Crippen molar-refractivity contribution in [3.8, 4) is 0 Å². The molecule has 4 rings (SSSR count). The number of carbonyl (C=O) groups excluding carboxylic acids is 1. The summed E-state index contributed by atoms with van der Waals surface area (Å²) in [7, 11) is -1.95. The molecular weight excluding hydrogens is 502 g/mol. The van der Waals surface area contributed by atoms with E-state index in [4.69, 9.17) is 21.7 Å². The second-order valence-electron chi connectivity index (χ2n) is 8.49. The van der Waals surface area contributed by atoms with E-state index in [2.05, 4.69) is 5.32 Å². The van der Waals surface area contributed by atoms with Gasteiger partial charge in [-0.3, -0.25) is 18.9 Å². The monoisotopic (exact) mass is 525 g/mol. The maximum atomic E-state index is 13.1. The summed E-state index contributed by atoms with van der Waals surface area (Å²) in [6, 6.07) is 19.1. The third kappa shape index (κ3) is 5.58. The molecule has 1 aliphatic rings. The van der Waals surface area contributed by atoms with E-state index in [0.717, 1.165) is 21.7 Å². The van der Waals surface area contributed by atoms with Gasteiger partial charge in [0, 0.05) is 24.2 Å². The Morgan fingerprint density at radius 2 is 1.83 bits per heavy atom. The lowest BCUT2D eigenvalue weighted by molar-refractivity contribution is -0.137. The number of carboxylic acids is 1. The molecule has 8 nitrogen and oxygen atoms in total. The van der Waals surface area contributed by atoms with Gasteiger partial charge in [-0.05, 0) is 65.6 Å². The number of nitrogens with zero attached hydrogens (tertiary/aromatic N) is 2. The van der Waals surface area contributed by atoms with Crippen LogP contribution in [0.4, 0.5) is 17.1 Å². The number of hydrogen-bond donors (Lipinski definition) is 2. The van der Waals surface area contributed by atoms with Crippen LogP contribution in [-0.4, -0.2) is 44.4 Å². The Hall–Kier alpha value is -3.69. The maximum absolute atomic E-state index is 13.1. The van der Waals surface area contributed by atoms with Crippen LogP contribution in [0.1, 0.15) is 29.0 Å². The lowest BCUT2D eigenvalue weighted by Gasteiger charge is -2.17. The van der Waals surface area contributed by atoms with E-state index in [0.29, 0.717) is 39.8 Å². The van der Waals surface area contributed by atoms with Crippen molar-refractivity contribution in [2.75, 3.05) is 22.9 Å². The average molecular weight is 526 g/mol. The topological polar surface area (TPSA) is 116 Å². The van der Waals surface area contributed by atoms with Crippen LogP contribution in [0.2, 0.25) is 5.02 Å². The van der Waals surface area contributed by atoms with Gasteiger partial charge in [0.1, 0.15) is 5.92 Å². The summed E-state index contributed by atoms with van der Waals surface area (Å²) in [5.74, 6) is -1.87. The molecule has 36 heavy (non-hydrogen) atoms. The van der Waals surface area contributed by atoms with Gasteiger partial charge in [-0.25, -0.2) is 8.42 Å². The van der Waals surface area contributed by atoms with Gasteiger partial charge in [0.05, 0.1) is 23.3 Å². The van der Waals surface area contributed by atoms with Crippen molar-refractivity contribution < 1.29 is 23.1 Å². The first-order chi connectivity index (χ1) is 17.0. The van der Waals surface area contributed by atoms with Crippen LogP contribution < -0.4 is 9.62 Å². The van der Waals surface area contributed by atoms with Crippen LogP contribution in [0.25, 0.3) is 0 Å². The first-order valence-corrected chi connectivity index (χ1v) is 13.3. The predicted octanol–water partition coefficient (Wildman–Crippen LogP) is 4.61. The summed E-state index contributed by atoms with van der Waals surface area (Å²) in [5.41, 5.74) is 4.31. The molecular formula is C26H24ClN3O5S. The molecule has 0 saturated heterocycles. The third-order valence-electron chi connectivity index (χ3n) is 5.93. The largest absolute Gasteiger partial charge is 0.481 e. The van der Waals surface area contributed by atoms with Gasteiger partial charge in [0.25, 0.3) is 0 Å². The van der Waals surface area contributed by atoms with Crippen LogP contribution in [-0.2, 0) is 26.0 Å². The second-order valence-corrected chi connectivity index (χ2v) is 10.9. The van der Waals surface area contributed by atoms with Crippen LogP contribution in [0.5, 0.6) is 0 Å². The molecule has 1 unspecified atom stereocenters. The fraction of sp³-hybridized carbons (Fsp3) is 0.192. The van der Waals surface area contributed by atoms with Crippen LogP contribution >= 0.6 is 11.6 Å². The predicted molar refractivity (Wildman–Crippen MR) is 141 cm³/mol. The Morgan fingerprint density at radius 1 is 1.11 bits per heavy atom. The zero-order valence-electron chi connectivity index (χ0n) is 19.6. The molecule has 0 aromatic heterocycles. The molecule has 1 atom stereocenters. The van der Waals surface area contributed by atoms with Crippen molar-refractivity contribution >= 4 is 56.3 Å². The SMILES string of the molecule is CN(c1ccc(N=C(c2cccc(CCC(=O)O)c2)C2C(=O)Nc3cc(Cl)ccc32)cc1)S(C)(=O)=O. The van der Waals surface area contributed by atoms with E-state index >= 15 is 0 Å². The highest BCUT2D eigenvalue weighted by Gasteiger charge is 2.35. The van der Waals surface area contributed by atoms with Gasteiger partial charge in [0.2, 0.25) is 15.9 Å². The number of sulfonamides is 1. The summed E-state index contributed by atoms with van der Waals surface area (Å²) < 4.78 is 24.9. The van der Waals surface area contributed by atoms with Gasteiger partial charge < -0.3 is 10.4 Å². The number of amides is 1. The number of rotatable bonds is 8. The summed E-state index contributed by atoms with van der Waals surface area (Å²) in [6.07, 6.45) is 1.44. The van der Waals surface area contributed by atoms with Crippen molar-refractivity contribution in [1.82, 2.24) is 0 Å². The smallest absolute Gasteiger partial charge is 0.303 e. The molecule has 0 saturated carbocycles. The standard InChI is InChI=1S/C26H24ClN3O5S/c1-30(36(2,34)35)20-10-8-19(9-11-20)28-25(17-5-3-4-16(14-17)6-13-23(31)32)24-21-12-7-18(27)15-22(21)29-26(24)33/h3-5,7-12,14-15,24H,6,13H2,1-2H3,(H,29,33)(H,31,32).